The Morgan fingerprint density at radius 1 is 0.940 bits per heavy atom. The second-order valence-corrected chi connectivity index (χ2v) is 14.7. The van der Waals surface area contributed by atoms with Crippen molar-refractivity contribution in [2.75, 3.05) is 31.1 Å². The Labute approximate surface area is 290 Å². The molecule has 3 aliphatic rings. The van der Waals surface area contributed by atoms with E-state index in [1.54, 1.807) is 15.9 Å². The molecule has 2 saturated heterocycles. The maximum Gasteiger partial charge on any atom is 0.421 e. The number of halogens is 4. The molecule has 2 aromatic heterocycles. The molecule has 1 aromatic carbocycles. The van der Waals surface area contributed by atoms with E-state index in [1.165, 1.54) is 36.9 Å². The molecule has 50 heavy (non-hydrogen) atoms. The molecule has 13 heteroatoms. The molecule has 1 saturated carbocycles. The lowest BCUT2D eigenvalue weighted by molar-refractivity contribution is -0.139. The van der Waals surface area contributed by atoms with E-state index in [0.717, 1.165) is 31.8 Å². The number of benzene rings is 1. The van der Waals surface area contributed by atoms with Crippen LogP contribution in [0.15, 0.2) is 43.0 Å². The minimum atomic E-state index is -4.78. The SMILES string of the molecule is CC(C)(C)OC(=O)N1CCC2(CCCN(c3c(/C=C(\F)c4cncc(-c5ccnnc5)n4)ccc(OC4CCCCC4)c3C(F)(F)F)C2)CC1. The number of anilines is 1. The third-order valence-electron chi connectivity index (χ3n) is 9.80. The number of aromatic nitrogens is 4. The summed E-state index contributed by atoms with van der Waals surface area (Å²) in [5, 5.41) is 7.59. The minimum Gasteiger partial charge on any atom is -0.490 e. The molecule has 0 bridgehead atoms. The van der Waals surface area contributed by atoms with Crippen molar-refractivity contribution in [2.45, 2.75) is 96.4 Å². The fourth-order valence-corrected chi connectivity index (χ4v) is 7.35. The van der Waals surface area contributed by atoms with E-state index in [4.69, 9.17) is 9.47 Å². The summed E-state index contributed by atoms with van der Waals surface area (Å²) in [5.74, 6) is -1.06. The van der Waals surface area contributed by atoms with E-state index in [2.05, 4.69) is 20.2 Å². The van der Waals surface area contributed by atoms with Crippen molar-refractivity contribution < 1.29 is 31.8 Å². The molecular weight excluding hydrogens is 652 g/mol. The highest BCUT2D eigenvalue weighted by molar-refractivity contribution is 5.84. The number of piperidine rings is 2. The summed E-state index contributed by atoms with van der Waals surface area (Å²) >= 11 is 0. The van der Waals surface area contributed by atoms with E-state index in [-0.39, 0.29) is 40.3 Å². The van der Waals surface area contributed by atoms with E-state index in [9.17, 15) is 4.79 Å². The Bertz CT molecular complexity index is 1680. The first kappa shape index (κ1) is 35.5. The summed E-state index contributed by atoms with van der Waals surface area (Å²) in [6, 6.07) is 4.49. The van der Waals surface area contributed by atoms with Gasteiger partial charge in [0.1, 0.15) is 22.6 Å². The van der Waals surface area contributed by atoms with Crippen LogP contribution in [0.3, 0.4) is 0 Å². The minimum absolute atomic E-state index is 0.0758. The Hall–Kier alpha value is -4.29. The second kappa shape index (κ2) is 14.5. The fraction of sp³-hybridized carbons (Fsp3) is 0.541. The van der Waals surface area contributed by atoms with Gasteiger partial charge in [0, 0.05) is 37.3 Å². The summed E-state index contributed by atoms with van der Waals surface area (Å²) in [6.45, 7) is 7.04. The molecule has 4 heterocycles. The number of alkyl halides is 3. The van der Waals surface area contributed by atoms with Crippen LogP contribution >= 0.6 is 0 Å². The molecule has 3 fully saturated rings. The molecule has 0 atom stereocenters. The Kier molecular flexibility index (Phi) is 10.3. The maximum atomic E-state index is 16.1. The van der Waals surface area contributed by atoms with Gasteiger partial charge in [0.25, 0.3) is 0 Å². The quantitative estimate of drug-likeness (QED) is 0.236. The van der Waals surface area contributed by atoms with E-state index in [0.29, 0.717) is 69.5 Å². The monoisotopic (exact) mass is 696 g/mol. The van der Waals surface area contributed by atoms with Gasteiger partial charge < -0.3 is 19.3 Å². The zero-order valence-electron chi connectivity index (χ0n) is 28.8. The number of carbonyl (C=O) groups excluding carboxylic acids is 1. The normalized spacial score (nSPS) is 19.1. The summed E-state index contributed by atoms with van der Waals surface area (Å²) in [7, 11) is 0. The van der Waals surface area contributed by atoms with Crippen LogP contribution in [0.4, 0.5) is 28.0 Å². The topological polar surface area (TPSA) is 93.6 Å². The van der Waals surface area contributed by atoms with Crippen LogP contribution in [0.5, 0.6) is 5.75 Å². The van der Waals surface area contributed by atoms with Crippen molar-refractivity contribution in [1.29, 1.82) is 0 Å². The smallest absolute Gasteiger partial charge is 0.421 e. The van der Waals surface area contributed by atoms with Crippen LogP contribution in [0.25, 0.3) is 23.2 Å². The number of rotatable bonds is 6. The van der Waals surface area contributed by atoms with Gasteiger partial charge in [0.2, 0.25) is 0 Å². The molecule has 268 valence electrons. The van der Waals surface area contributed by atoms with E-state index in [1.807, 2.05) is 20.8 Å². The average molecular weight is 697 g/mol. The first-order valence-corrected chi connectivity index (χ1v) is 17.4. The first-order valence-electron chi connectivity index (χ1n) is 17.4. The average Bonchev–Trinajstić information content (AvgIpc) is 3.08. The second-order valence-electron chi connectivity index (χ2n) is 14.7. The summed E-state index contributed by atoms with van der Waals surface area (Å²) in [5.41, 5.74) is -1.07. The number of hydrogen-bond donors (Lipinski definition) is 0. The number of ether oxygens (including phenoxy) is 2. The van der Waals surface area contributed by atoms with Crippen LogP contribution in [-0.4, -0.2) is 69.0 Å². The molecule has 9 nitrogen and oxygen atoms in total. The molecule has 0 N–H and O–H groups in total. The van der Waals surface area contributed by atoms with Crippen molar-refractivity contribution in [3.8, 4) is 17.0 Å². The lowest BCUT2D eigenvalue weighted by atomic mass is 9.72. The molecular formula is C37H44F4N6O3. The summed E-state index contributed by atoms with van der Waals surface area (Å²) in [6.07, 6.45) is 8.18. The number of hydrogen-bond acceptors (Lipinski definition) is 8. The number of amides is 1. The van der Waals surface area contributed by atoms with Crippen molar-refractivity contribution in [3.63, 3.8) is 0 Å². The van der Waals surface area contributed by atoms with Gasteiger partial charge in [0.15, 0.2) is 5.83 Å². The van der Waals surface area contributed by atoms with Crippen molar-refractivity contribution in [1.82, 2.24) is 25.1 Å². The lowest BCUT2D eigenvalue weighted by Gasteiger charge is -2.49. The summed E-state index contributed by atoms with van der Waals surface area (Å²) in [4.78, 5) is 24.7. The maximum absolute atomic E-state index is 16.1. The highest BCUT2D eigenvalue weighted by atomic mass is 19.4. The zero-order valence-corrected chi connectivity index (χ0v) is 28.8. The Morgan fingerprint density at radius 3 is 2.38 bits per heavy atom. The molecule has 2 aliphatic heterocycles. The predicted octanol–water partition coefficient (Wildman–Crippen LogP) is 8.75. The van der Waals surface area contributed by atoms with E-state index < -0.39 is 23.2 Å². The van der Waals surface area contributed by atoms with Gasteiger partial charge in [-0.2, -0.15) is 23.4 Å². The van der Waals surface area contributed by atoms with Gasteiger partial charge in [-0.3, -0.25) is 4.98 Å². The molecule has 0 unspecified atom stereocenters. The van der Waals surface area contributed by atoms with Crippen LogP contribution in [-0.2, 0) is 10.9 Å². The van der Waals surface area contributed by atoms with Crippen molar-refractivity contribution in [2.24, 2.45) is 5.41 Å². The van der Waals surface area contributed by atoms with Crippen molar-refractivity contribution in [3.05, 3.63) is 59.8 Å². The van der Waals surface area contributed by atoms with Gasteiger partial charge in [-0.05, 0) is 102 Å². The number of likely N-dealkylation sites (tertiary alicyclic amines) is 1. The van der Waals surface area contributed by atoms with Gasteiger partial charge >= 0.3 is 12.3 Å². The molecule has 6 rings (SSSR count). The van der Waals surface area contributed by atoms with Gasteiger partial charge in [-0.15, -0.1) is 0 Å². The lowest BCUT2D eigenvalue weighted by Crippen LogP contribution is -2.51. The van der Waals surface area contributed by atoms with Crippen LogP contribution in [0.1, 0.15) is 95.4 Å². The number of carbonyl (C=O) groups is 1. The largest absolute Gasteiger partial charge is 0.490 e. The van der Waals surface area contributed by atoms with Crippen LogP contribution in [0, 0.1) is 5.41 Å². The standard InChI is InChI=1S/C37H44F4N6O3/c1-35(2,3)50-34(48)46-18-14-36(15-19-46)13-7-17-47(24-36)33-25(10-11-31(32(33)37(39,40)41)49-27-8-5-4-6-9-27)20-28(38)30-23-42-22-29(45-30)26-12-16-43-44-21-26/h10-12,16,20-23,27H,4-9,13-15,17-19,24H2,1-3H3/b28-20-. The third kappa shape index (κ3) is 8.35. The molecule has 0 radical (unpaired) electrons. The highest BCUT2D eigenvalue weighted by Gasteiger charge is 2.45. The molecule has 1 spiro atoms. The fourth-order valence-electron chi connectivity index (χ4n) is 7.35. The first-order chi connectivity index (χ1) is 23.8. The third-order valence-corrected chi connectivity index (χ3v) is 9.80. The summed E-state index contributed by atoms with van der Waals surface area (Å²) < 4.78 is 73.7. The Morgan fingerprint density at radius 2 is 1.70 bits per heavy atom. The molecule has 3 aromatic rings. The zero-order chi connectivity index (χ0) is 35.5. The van der Waals surface area contributed by atoms with Crippen LogP contribution < -0.4 is 9.64 Å². The highest BCUT2D eigenvalue weighted by Crippen LogP contribution is 2.49. The predicted molar refractivity (Wildman–Crippen MR) is 182 cm³/mol. The number of nitrogens with zero attached hydrogens (tertiary/aromatic N) is 6. The molecule has 1 aliphatic carbocycles. The molecule has 1 amide bonds. The van der Waals surface area contributed by atoms with Gasteiger partial charge in [-0.25, -0.2) is 14.2 Å². The van der Waals surface area contributed by atoms with Gasteiger partial charge in [-0.1, -0.05) is 6.42 Å². The van der Waals surface area contributed by atoms with Crippen LogP contribution in [0.2, 0.25) is 0 Å². The van der Waals surface area contributed by atoms with Gasteiger partial charge in [0.05, 0.1) is 42.3 Å². The van der Waals surface area contributed by atoms with Crippen molar-refractivity contribution >= 4 is 23.7 Å². The van der Waals surface area contributed by atoms with E-state index >= 15 is 17.6 Å². The Balaban J connectivity index is 1.37.